The number of hydrogen-bond acceptors (Lipinski definition) is 4. The Kier molecular flexibility index (Phi) is 4.94. The van der Waals surface area contributed by atoms with Gasteiger partial charge in [0.1, 0.15) is 11.5 Å². The van der Waals surface area contributed by atoms with Crippen molar-refractivity contribution in [1.29, 1.82) is 0 Å². The Bertz CT molecular complexity index is 617. The molecule has 2 atom stereocenters. The van der Waals surface area contributed by atoms with Crippen molar-refractivity contribution in [2.45, 2.75) is 45.6 Å². The number of hydrogen-bond donors (Lipinski definition) is 1. The highest BCUT2D eigenvalue weighted by Gasteiger charge is 2.32. The highest BCUT2D eigenvalue weighted by molar-refractivity contribution is 5.95. The summed E-state index contributed by atoms with van der Waals surface area (Å²) in [5.41, 5.74) is 6.63. The predicted octanol–water partition coefficient (Wildman–Crippen LogP) is 1.70. The Morgan fingerprint density at radius 2 is 1.79 bits per heavy atom. The molecule has 2 N–H and O–H groups in total. The van der Waals surface area contributed by atoms with E-state index in [1.807, 2.05) is 23.6 Å². The number of nitrogens with two attached hydrogens (primary N) is 1. The van der Waals surface area contributed by atoms with Crippen LogP contribution in [0.1, 0.15) is 47.6 Å². The summed E-state index contributed by atoms with van der Waals surface area (Å²) in [6.45, 7) is 6.01. The molecule has 1 saturated carbocycles. The third kappa shape index (κ3) is 3.48. The lowest BCUT2D eigenvalue weighted by molar-refractivity contribution is -0.138. The summed E-state index contributed by atoms with van der Waals surface area (Å²) in [5, 5.41) is 0. The Morgan fingerprint density at radius 1 is 1.12 bits per heavy atom. The van der Waals surface area contributed by atoms with Gasteiger partial charge < -0.3 is 20.0 Å². The quantitative estimate of drug-likeness (QED) is 0.893. The summed E-state index contributed by atoms with van der Waals surface area (Å²) in [6, 6.07) is 1.95. The molecule has 0 bridgehead atoms. The molecule has 0 spiro atoms. The molecule has 24 heavy (non-hydrogen) atoms. The molecule has 0 radical (unpaired) electrons. The number of amides is 2. The van der Waals surface area contributed by atoms with Gasteiger partial charge in [-0.15, -0.1) is 0 Å². The van der Waals surface area contributed by atoms with Crippen LogP contribution in [0.15, 0.2) is 10.5 Å². The minimum absolute atomic E-state index is 0.00358. The molecule has 2 aliphatic rings. The molecule has 2 unspecified atom stereocenters. The molecule has 6 nitrogen and oxygen atoms in total. The number of carbonyl (C=O) groups excluding carboxylic acids is 2. The number of carbonyl (C=O) groups is 2. The average molecular weight is 333 g/mol. The molecule has 132 valence electrons. The largest absolute Gasteiger partial charge is 0.466 e. The lowest BCUT2D eigenvalue weighted by Crippen LogP contribution is -2.52. The van der Waals surface area contributed by atoms with E-state index in [1.165, 1.54) is 0 Å². The molecule has 2 heterocycles. The Balaban J connectivity index is 1.56. The third-order valence-electron chi connectivity index (χ3n) is 5.21. The minimum atomic E-state index is -0.00358. The molecule has 1 aromatic rings. The van der Waals surface area contributed by atoms with Crippen LogP contribution in [0.25, 0.3) is 0 Å². The van der Waals surface area contributed by atoms with Crippen LogP contribution >= 0.6 is 0 Å². The first-order valence-electron chi connectivity index (χ1n) is 8.86. The average Bonchev–Trinajstić information content (AvgIpc) is 2.92. The van der Waals surface area contributed by atoms with Gasteiger partial charge in [0, 0.05) is 38.1 Å². The summed E-state index contributed by atoms with van der Waals surface area (Å²) < 4.78 is 5.45. The monoisotopic (exact) mass is 333 g/mol. The van der Waals surface area contributed by atoms with Gasteiger partial charge in [-0.05, 0) is 39.2 Å². The van der Waals surface area contributed by atoms with E-state index in [9.17, 15) is 9.59 Å². The number of nitrogens with zero attached hydrogens (tertiary/aromatic N) is 2. The molecular weight excluding hydrogens is 306 g/mol. The van der Waals surface area contributed by atoms with E-state index in [-0.39, 0.29) is 23.8 Å². The van der Waals surface area contributed by atoms with E-state index in [2.05, 4.69) is 0 Å². The standard InChI is InChI=1S/C18H27N3O3/c1-12-10-16(13(2)24-12)18(23)21-8-6-20(7-9-21)17(22)14-4-3-5-15(19)11-14/h10,14-15H,3-9,11,19H2,1-2H3. The number of rotatable bonds is 2. The zero-order valence-corrected chi connectivity index (χ0v) is 14.6. The van der Waals surface area contributed by atoms with Crippen LogP contribution in [-0.2, 0) is 4.79 Å². The van der Waals surface area contributed by atoms with Gasteiger partial charge in [-0.2, -0.15) is 0 Å². The fourth-order valence-electron chi connectivity index (χ4n) is 3.85. The van der Waals surface area contributed by atoms with E-state index in [0.29, 0.717) is 37.5 Å². The fraction of sp³-hybridized carbons (Fsp3) is 0.667. The molecule has 2 fully saturated rings. The Morgan fingerprint density at radius 3 is 2.38 bits per heavy atom. The maximum Gasteiger partial charge on any atom is 0.257 e. The van der Waals surface area contributed by atoms with Gasteiger partial charge in [-0.1, -0.05) is 6.42 Å². The molecule has 1 aromatic heterocycles. The van der Waals surface area contributed by atoms with Gasteiger partial charge in [0.05, 0.1) is 5.56 Å². The van der Waals surface area contributed by atoms with E-state index in [1.54, 1.807) is 6.07 Å². The van der Waals surface area contributed by atoms with Crippen molar-refractivity contribution < 1.29 is 14.0 Å². The summed E-state index contributed by atoms with van der Waals surface area (Å²) in [6.07, 6.45) is 3.80. The van der Waals surface area contributed by atoms with Crippen LogP contribution in [0.5, 0.6) is 0 Å². The van der Waals surface area contributed by atoms with E-state index in [4.69, 9.17) is 10.2 Å². The van der Waals surface area contributed by atoms with Gasteiger partial charge in [-0.3, -0.25) is 9.59 Å². The van der Waals surface area contributed by atoms with Crippen LogP contribution in [0.3, 0.4) is 0 Å². The molecule has 1 saturated heterocycles. The summed E-state index contributed by atoms with van der Waals surface area (Å²) in [4.78, 5) is 29.0. The summed E-state index contributed by atoms with van der Waals surface area (Å²) >= 11 is 0. The summed E-state index contributed by atoms with van der Waals surface area (Å²) in [7, 11) is 0. The lowest BCUT2D eigenvalue weighted by Gasteiger charge is -2.37. The van der Waals surface area contributed by atoms with Crippen molar-refractivity contribution in [1.82, 2.24) is 9.80 Å². The normalized spacial score (nSPS) is 25.0. The third-order valence-corrected chi connectivity index (χ3v) is 5.21. The van der Waals surface area contributed by atoms with Crippen LogP contribution in [-0.4, -0.2) is 53.8 Å². The molecule has 2 amide bonds. The predicted molar refractivity (Wildman–Crippen MR) is 90.6 cm³/mol. The maximum atomic E-state index is 12.7. The zero-order valence-electron chi connectivity index (χ0n) is 14.6. The van der Waals surface area contributed by atoms with Gasteiger partial charge in [-0.25, -0.2) is 0 Å². The first-order valence-corrected chi connectivity index (χ1v) is 8.86. The van der Waals surface area contributed by atoms with E-state index in [0.717, 1.165) is 31.4 Å². The zero-order chi connectivity index (χ0) is 17.3. The topological polar surface area (TPSA) is 79.8 Å². The second-order valence-corrected chi connectivity index (χ2v) is 7.07. The van der Waals surface area contributed by atoms with E-state index >= 15 is 0 Å². The first kappa shape index (κ1) is 17.0. The smallest absolute Gasteiger partial charge is 0.257 e. The van der Waals surface area contributed by atoms with Crippen molar-refractivity contribution in [2.24, 2.45) is 11.7 Å². The second-order valence-electron chi connectivity index (χ2n) is 7.07. The van der Waals surface area contributed by atoms with Gasteiger partial charge in [0.2, 0.25) is 5.91 Å². The summed E-state index contributed by atoms with van der Waals surface area (Å²) in [5.74, 6) is 1.68. The van der Waals surface area contributed by atoms with Crippen molar-refractivity contribution in [2.75, 3.05) is 26.2 Å². The van der Waals surface area contributed by atoms with Gasteiger partial charge >= 0.3 is 0 Å². The number of piperazine rings is 1. The molecule has 1 aliphatic carbocycles. The van der Waals surface area contributed by atoms with Crippen molar-refractivity contribution in [3.05, 3.63) is 23.2 Å². The van der Waals surface area contributed by atoms with E-state index < -0.39 is 0 Å². The van der Waals surface area contributed by atoms with Crippen LogP contribution < -0.4 is 5.73 Å². The maximum absolute atomic E-state index is 12.7. The van der Waals surface area contributed by atoms with Crippen molar-refractivity contribution in [3.8, 4) is 0 Å². The molecule has 3 rings (SSSR count). The van der Waals surface area contributed by atoms with Crippen molar-refractivity contribution in [3.63, 3.8) is 0 Å². The second kappa shape index (κ2) is 6.97. The van der Waals surface area contributed by atoms with Crippen molar-refractivity contribution >= 4 is 11.8 Å². The Labute approximate surface area is 143 Å². The van der Waals surface area contributed by atoms with Gasteiger partial charge in [0.25, 0.3) is 5.91 Å². The SMILES string of the molecule is Cc1cc(C(=O)N2CCN(C(=O)C3CCCC(N)C3)CC2)c(C)o1. The van der Waals surface area contributed by atoms with Crippen LogP contribution in [0, 0.1) is 19.8 Å². The van der Waals surface area contributed by atoms with Gasteiger partial charge in [0.15, 0.2) is 0 Å². The van der Waals surface area contributed by atoms with Crippen LogP contribution in [0.2, 0.25) is 0 Å². The highest BCUT2D eigenvalue weighted by atomic mass is 16.3. The highest BCUT2D eigenvalue weighted by Crippen LogP contribution is 2.25. The molecule has 6 heteroatoms. The number of furan rings is 1. The molecule has 0 aromatic carbocycles. The first-order chi connectivity index (χ1) is 11.5. The molecule has 1 aliphatic heterocycles. The van der Waals surface area contributed by atoms with Crippen LogP contribution in [0.4, 0.5) is 0 Å². The molecular formula is C18H27N3O3. The minimum Gasteiger partial charge on any atom is -0.466 e. The number of aryl methyl sites for hydroxylation is 2. The Hall–Kier alpha value is -1.82. The fourth-order valence-corrected chi connectivity index (χ4v) is 3.85. The lowest BCUT2D eigenvalue weighted by atomic mass is 9.85.